The number of fused-ring (bicyclic) bond motifs is 3. The molecule has 4 rings (SSSR count). The van der Waals surface area contributed by atoms with E-state index in [1.54, 1.807) is 24.3 Å². The minimum atomic E-state index is -4.30. The summed E-state index contributed by atoms with van der Waals surface area (Å²) >= 11 is 0. The summed E-state index contributed by atoms with van der Waals surface area (Å²) in [7, 11) is 1.91. The molecule has 0 amide bonds. The second-order valence-electron chi connectivity index (χ2n) is 7.60. The fraction of sp³-hybridized carbons (Fsp3) is 0.250. The van der Waals surface area contributed by atoms with Gasteiger partial charge in [0.05, 0.1) is 6.04 Å². The number of hydrogen-bond donors (Lipinski definition) is 2. The summed E-state index contributed by atoms with van der Waals surface area (Å²) in [5, 5.41) is 5.78. The van der Waals surface area contributed by atoms with Gasteiger partial charge in [-0.2, -0.15) is 13.2 Å². The van der Waals surface area contributed by atoms with Gasteiger partial charge in [-0.3, -0.25) is 0 Å². The molecule has 1 aliphatic heterocycles. The van der Waals surface area contributed by atoms with Gasteiger partial charge in [-0.15, -0.1) is 0 Å². The second kappa shape index (κ2) is 8.13. The molecule has 1 atom stereocenters. The zero-order valence-electron chi connectivity index (χ0n) is 17.2. The molecule has 0 fully saturated rings. The van der Waals surface area contributed by atoms with Gasteiger partial charge >= 0.3 is 6.18 Å². The lowest BCUT2D eigenvalue weighted by atomic mass is 9.84. The van der Waals surface area contributed by atoms with Crippen molar-refractivity contribution >= 4 is 17.1 Å². The second-order valence-corrected chi connectivity index (χ2v) is 7.60. The number of halogens is 4. The van der Waals surface area contributed by atoms with Crippen molar-refractivity contribution in [3.05, 3.63) is 77.6 Å². The molecule has 1 heterocycles. The molecular weight excluding hydrogens is 405 g/mol. The van der Waals surface area contributed by atoms with E-state index in [2.05, 4.69) is 16.7 Å². The van der Waals surface area contributed by atoms with E-state index in [1.807, 2.05) is 37.1 Å². The smallest absolute Gasteiger partial charge is 0.385 e. The highest BCUT2D eigenvalue weighted by molar-refractivity contribution is 5.88. The fourth-order valence-electron chi connectivity index (χ4n) is 4.11. The van der Waals surface area contributed by atoms with Gasteiger partial charge in [0.1, 0.15) is 12.4 Å². The van der Waals surface area contributed by atoms with E-state index in [0.29, 0.717) is 5.69 Å². The number of nitrogens with zero attached hydrogens (tertiary/aromatic N) is 1. The Morgan fingerprint density at radius 1 is 0.871 bits per heavy atom. The SMILES string of the molecule is CCNc1ccc2c(c1)C(c1ccc([18F])cc1)N(C)c1cc(NCC(F)(F)F)ccc1-2. The summed E-state index contributed by atoms with van der Waals surface area (Å²) in [6.45, 7) is 1.70. The first-order valence-corrected chi connectivity index (χ1v) is 10.1. The lowest BCUT2D eigenvalue weighted by Crippen LogP contribution is -2.29. The van der Waals surface area contributed by atoms with Gasteiger partial charge in [-0.05, 0) is 60.0 Å². The van der Waals surface area contributed by atoms with Crippen molar-refractivity contribution in [3.63, 3.8) is 0 Å². The molecule has 7 heteroatoms. The molecule has 31 heavy (non-hydrogen) atoms. The molecule has 1 unspecified atom stereocenters. The van der Waals surface area contributed by atoms with Crippen molar-refractivity contribution < 1.29 is 17.6 Å². The van der Waals surface area contributed by atoms with Crippen molar-refractivity contribution in [2.45, 2.75) is 19.1 Å². The van der Waals surface area contributed by atoms with Crippen LogP contribution in [0.2, 0.25) is 0 Å². The third-order valence-electron chi connectivity index (χ3n) is 5.46. The van der Waals surface area contributed by atoms with Crippen LogP contribution in [-0.2, 0) is 0 Å². The average molecular weight is 428 g/mol. The fourth-order valence-corrected chi connectivity index (χ4v) is 4.11. The van der Waals surface area contributed by atoms with Crippen LogP contribution in [0.3, 0.4) is 0 Å². The van der Waals surface area contributed by atoms with Gasteiger partial charge < -0.3 is 15.5 Å². The molecule has 162 valence electrons. The Balaban J connectivity index is 1.82. The Labute approximate surface area is 178 Å². The number of alkyl halides is 3. The largest absolute Gasteiger partial charge is 0.405 e. The van der Waals surface area contributed by atoms with E-state index < -0.39 is 12.7 Å². The maximum absolute atomic E-state index is 13.6. The van der Waals surface area contributed by atoms with Crippen LogP contribution in [0.25, 0.3) is 11.1 Å². The highest BCUT2D eigenvalue weighted by Gasteiger charge is 2.31. The van der Waals surface area contributed by atoms with Crippen LogP contribution in [0.5, 0.6) is 0 Å². The van der Waals surface area contributed by atoms with E-state index in [1.165, 1.54) is 12.1 Å². The van der Waals surface area contributed by atoms with Gasteiger partial charge in [0.15, 0.2) is 0 Å². The molecule has 3 nitrogen and oxygen atoms in total. The van der Waals surface area contributed by atoms with Crippen molar-refractivity contribution in [2.75, 3.05) is 35.7 Å². The Hall–Kier alpha value is -3.22. The highest BCUT2D eigenvalue weighted by atomic mass is 19.4. The van der Waals surface area contributed by atoms with Crippen LogP contribution in [-0.4, -0.2) is 26.3 Å². The first kappa shape index (κ1) is 21.0. The Morgan fingerprint density at radius 3 is 2.16 bits per heavy atom. The zero-order chi connectivity index (χ0) is 22.2. The van der Waals surface area contributed by atoms with Crippen molar-refractivity contribution in [1.82, 2.24) is 0 Å². The first-order chi connectivity index (χ1) is 14.8. The maximum Gasteiger partial charge on any atom is 0.405 e. The Morgan fingerprint density at radius 2 is 1.52 bits per heavy atom. The molecule has 0 radical (unpaired) electrons. The number of hydrogen-bond acceptors (Lipinski definition) is 3. The van der Waals surface area contributed by atoms with Crippen LogP contribution >= 0.6 is 0 Å². The van der Waals surface area contributed by atoms with Crippen LogP contribution in [0.4, 0.5) is 34.6 Å². The lowest BCUT2D eigenvalue weighted by molar-refractivity contribution is -0.115. The summed E-state index contributed by atoms with van der Waals surface area (Å²) in [5.74, 6) is -0.317. The molecular formula is C24H23F4N3. The molecule has 1 aliphatic rings. The maximum atomic E-state index is 13.6. The minimum Gasteiger partial charge on any atom is -0.385 e. The molecule has 3 aromatic rings. The molecule has 3 aromatic carbocycles. The van der Waals surface area contributed by atoms with Gasteiger partial charge in [-0.25, -0.2) is 4.39 Å². The lowest BCUT2D eigenvalue weighted by Gasteiger charge is -2.38. The molecule has 0 saturated heterocycles. The summed E-state index contributed by atoms with van der Waals surface area (Å²) in [6.07, 6.45) is -4.30. The number of rotatable bonds is 5. The van der Waals surface area contributed by atoms with E-state index in [-0.39, 0.29) is 11.9 Å². The molecule has 0 spiro atoms. The molecule has 0 bridgehead atoms. The highest BCUT2D eigenvalue weighted by Crippen LogP contribution is 2.48. The van der Waals surface area contributed by atoms with Gasteiger partial charge in [0.2, 0.25) is 0 Å². The summed E-state index contributed by atoms with van der Waals surface area (Å²) in [6, 6.07) is 17.5. The molecule has 0 aliphatic carbocycles. The van der Waals surface area contributed by atoms with E-state index in [9.17, 15) is 17.6 Å². The summed E-state index contributed by atoms with van der Waals surface area (Å²) in [5.41, 5.74) is 6.09. The number of anilines is 3. The minimum absolute atomic E-state index is 0.209. The third-order valence-corrected chi connectivity index (χ3v) is 5.46. The number of benzene rings is 3. The third kappa shape index (κ3) is 4.31. The van der Waals surface area contributed by atoms with Crippen LogP contribution in [0, 0.1) is 5.82 Å². The Kier molecular flexibility index (Phi) is 5.52. The monoisotopic (exact) mass is 428 g/mol. The van der Waals surface area contributed by atoms with E-state index in [0.717, 1.165) is 40.2 Å². The quantitative estimate of drug-likeness (QED) is 0.458. The predicted molar refractivity (Wildman–Crippen MR) is 117 cm³/mol. The summed E-state index contributed by atoms with van der Waals surface area (Å²) < 4.78 is 51.5. The van der Waals surface area contributed by atoms with E-state index in [4.69, 9.17) is 0 Å². The Bertz CT molecular complexity index is 1080. The predicted octanol–water partition coefficient (Wildman–Crippen LogP) is 6.44. The summed E-state index contributed by atoms with van der Waals surface area (Å²) in [4.78, 5) is 2.03. The number of nitrogens with one attached hydrogen (secondary N) is 2. The van der Waals surface area contributed by atoms with Gasteiger partial charge in [0.25, 0.3) is 0 Å². The first-order valence-electron chi connectivity index (χ1n) is 10.1. The van der Waals surface area contributed by atoms with Gasteiger partial charge in [0, 0.05) is 36.2 Å². The topological polar surface area (TPSA) is 27.3 Å². The van der Waals surface area contributed by atoms with Crippen molar-refractivity contribution in [3.8, 4) is 11.1 Å². The molecule has 2 N–H and O–H groups in total. The van der Waals surface area contributed by atoms with E-state index >= 15 is 0 Å². The van der Waals surface area contributed by atoms with Gasteiger partial charge in [-0.1, -0.05) is 24.3 Å². The normalized spacial score (nSPS) is 15.3. The standard InChI is InChI=1S/C24H23F4N3/c1-3-29-17-8-10-19-20-11-9-18(30-14-24(26,27)28)13-22(20)31(2)23(21(19)12-17)15-4-6-16(25)7-5-15/h4-13,23,29-30H,3,14H2,1-2H3/i25-1. The average Bonchev–Trinajstić information content (AvgIpc) is 2.73. The van der Waals surface area contributed by atoms with Crippen LogP contribution in [0.1, 0.15) is 24.1 Å². The van der Waals surface area contributed by atoms with Crippen LogP contribution < -0.4 is 15.5 Å². The zero-order valence-corrected chi connectivity index (χ0v) is 17.2. The van der Waals surface area contributed by atoms with Crippen molar-refractivity contribution in [1.29, 1.82) is 0 Å². The van der Waals surface area contributed by atoms with Crippen LogP contribution in [0.15, 0.2) is 60.7 Å². The molecule has 0 saturated carbocycles. The molecule has 0 aromatic heterocycles. The van der Waals surface area contributed by atoms with Crippen molar-refractivity contribution in [2.24, 2.45) is 0 Å².